The van der Waals surface area contributed by atoms with Crippen LogP contribution in [0.2, 0.25) is 0 Å². The van der Waals surface area contributed by atoms with Crippen molar-refractivity contribution < 1.29 is 9.47 Å². The van der Waals surface area contributed by atoms with E-state index in [0.717, 1.165) is 23.9 Å². The first kappa shape index (κ1) is 16.7. The monoisotopic (exact) mass is 343 g/mol. The number of para-hydroxylation sites is 1. The Labute approximate surface area is 150 Å². The van der Waals surface area contributed by atoms with Gasteiger partial charge in [-0.2, -0.15) is 0 Å². The maximum Gasteiger partial charge on any atom is 0.191 e. The van der Waals surface area contributed by atoms with Gasteiger partial charge in [0.1, 0.15) is 5.75 Å². The number of rotatable bonds is 4. The largest absolute Gasteiger partial charge is 0.496 e. The van der Waals surface area contributed by atoms with Gasteiger partial charge in [-0.15, -0.1) is 0 Å². The fourth-order valence-corrected chi connectivity index (χ4v) is 5.27. The topological polar surface area (TPSA) is 54.9 Å². The van der Waals surface area contributed by atoms with Crippen molar-refractivity contribution >= 4 is 5.96 Å². The molecular formula is C20H29N3O2. The fourth-order valence-electron chi connectivity index (χ4n) is 5.27. The van der Waals surface area contributed by atoms with Gasteiger partial charge >= 0.3 is 0 Å². The molecule has 0 bridgehead atoms. The molecular weight excluding hydrogens is 314 g/mol. The molecule has 1 saturated heterocycles. The van der Waals surface area contributed by atoms with Crippen LogP contribution in [0.1, 0.15) is 37.7 Å². The summed E-state index contributed by atoms with van der Waals surface area (Å²) in [5, 5.41) is 7.20. The fraction of sp³-hybridized carbons (Fsp3) is 0.650. The summed E-state index contributed by atoms with van der Waals surface area (Å²) in [5.74, 6) is 2.43. The van der Waals surface area contributed by atoms with E-state index in [0.29, 0.717) is 30.0 Å². The molecule has 3 aliphatic rings. The first-order valence-corrected chi connectivity index (χ1v) is 9.49. The summed E-state index contributed by atoms with van der Waals surface area (Å²) in [6.45, 7) is 1.62. The number of nitrogens with one attached hydrogen (secondary N) is 2. The number of hydrogen-bond donors (Lipinski definition) is 2. The predicted molar refractivity (Wildman–Crippen MR) is 98.9 cm³/mol. The Bertz CT molecular complexity index is 640. The Hall–Kier alpha value is -1.75. The lowest BCUT2D eigenvalue weighted by molar-refractivity contribution is -0.125. The van der Waals surface area contributed by atoms with E-state index in [1.54, 1.807) is 7.11 Å². The molecule has 5 nitrogen and oxygen atoms in total. The van der Waals surface area contributed by atoms with Crippen LogP contribution in [0.5, 0.6) is 5.75 Å². The van der Waals surface area contributed by atoms with E-state index in [9.17, 15) is 0 Å². The highest BCUT2D eigenvalue weighted by molar-refractivity contribution is 5.80. The minimum atomic E-state index is 0.337. The molecule has 1 aromatic carbocycles. The van der Waals surface area contributed by atoms with Crippen molar-refractivity contribution in [2.45, 2.75) is 50.8 Å². The molecule has 2 aliphatic carbocycles. The number of nitrogens with zero attached hydrogens (tertiary/aromatic N) is 1. The van der Waals surface area contributed by atoms with Gasteiger partial charge in [0.05, 0.1) is 13.2 Å². The van der Waals surface area contributed by atoms with E-state index in [2.05, 4.69) is 21.7 Å². The van der Waals surface area contributed by atoms with Crippen LogP contribution < -0.4 is 15.4 Å². The number of aliphatic imine (C=N–C) groups is 1. The zero-order chi connectivity index (χ0) is 17.3. The van der Waals surface area contributed by atoms with E-state index >= 15 is 0 Å². The van der Waals surface area contributed by atoms with E-state index in [4.69, 9.17) is 9.47 Å². The second-order valence-electron chi connectivity index (χ2n) is 7.54. The summed E-state index contributed by atoms with van der Waals surface area (Å²) in [6, 6.07) is 8.60. The number of methoxy groups -OCH3 is 1. The maximum absolute atomic E-state index is 6.08. The molecule has 1 aromatic rings. The predicted octanol–water partition coefficient (Wildman–Crippen LogP) is 2.71. The lowest BCUT2D eigenvalue weighted by Gasteiger charge is -2.57. The van der Waals surface area contributed by atoms with Crippen molar-refractivity contribution in [3.63, 3.8) is 0 Å². The van der Waals surface area contributed by atoms with Crippen LogP contribution in [0.25, 0.3) is 0 Å². The maximum atomic E-state index is 6.08. The second-order valence-corrected chi connectivity index (χ2v) is 7.54. The van der Waals surface area contributed by atoms with Crippen LogP contribution in [0, 0.1) is 11.3 Å². The van der Waals surface area contributed by atoms with Crippen LogP contribution in [-0.4, -0.2) is 38.9 Å². The molecule has 4 rings (SSSR count). The molecule has 0 radical (unpaired) electrons. The Morgan fingerprint density at radius 2 is 2.12 bits per heavy atom. The van der Waals surface area contributed by atoms with Crippen LogP contribution >= 0.6 is 0 Å². The SMILES string of the molecule is CN=C(NCc1ccccc1OC)NC1C2CCOC2C12CCCC2. The molecule has 25 heavy (non-hydrogen) atoms. The average molecular weight is 343 g/mol. The van der Waals surface area contributed by atoms with E-state index in [-0.39, 0.29) is 0 Å². The van der Waals surface area contributed by atoms with Gasteiger partial charge < -0.3 is 20.1 Å². The first-order chi connectivity index (χ1) is 12.3. The minimum Gasteiger partial charge on any atom is -0.496 e. The summed E-state index contributed by atoms with van der Waals surface area (Å²) in [5.41, 5.74) is 1.47. The molecule has 1 aliphatic heterocycles. The van der Waals surface area contributed by atoms with Gasteiger partial charge in [0.2, 0.25) is 0 Å². The standard InChI is InChI=1S/C20H29N3O2/c1-21-19(22-13-14-7-3-4-8-16(14)24-2)23-17-15-9-12-25-18(15)20(17)10-5-6-11-20/h3-4,7-8,15,17-18H,5-6,9-13H2,1-2H3,(H2,21,22,23). The summed E-state index contributed by atoms with van der Waals surface area (Å²) in [7, 11) is 3.56. The smallest absolute Gasteiger partial charge is 0.191 e. The van der Waals surface area contributed by atoms with Crippen molar-refractivity contribution in [3.05, 3.63) is 29.8 Å². The molecule has 1 spiro atoms. The third-order valence-electron chi connectivity index (χ3n) is 6.44. The highest BCUT2D eigenvalue weighted by atomic mass is 16.5. The number of ether oxygens (including phenoxy) is 2. The van der Waals surface area contributed by atoms with Crippen LogP contribution in [0.4, 0.5) is 0 Å². The van der Waals surface area contributed by atoms with Crippen molar-refractivity contribution in [3.8, 4) is 5.75 Å². The van der Waals surface area contributed by atoms with Crippen LogP contribution in [-0.2, 0) is 11.3 Å². The highest BCUT2D eigenvalue weighted by Crippen LogP contribution is 2.60. The Balaban J connectivity index is 1.42. The quantitative estimate of drug-likeness (QED) is 0.652. The molecule has 0 aromatic heterocycles. The highest BCUT2D eigenvalue weighted by Gasteiger charge is 2.65. The van der Waals surface area contributed by atoms with Gasteiger partial charge in [-0.25, -0.2) is 0 Å². The summed E-state index contributed by atoms with van der Waals surface area (Å²) < 4.78 is 11.5. The summed E-state index contributed by atoms with van der Waals surface area (Å²) in [4.78, 5) is 4.46. The molecule has 0 amide bonds. The van der Waals surface area contributed by atoms with Crippen molar-refractivity contribution in [2.75, 3.05) is 20.8 Å². The molecule has 3 atom stereocenters. The minimum absolute atomic E-state index is 0.337. The zero-order valence-corrected chi connectivity index (χ0v) is 15.3. The number of guanidine groups is 1. The summed E-state index contributed by atoms with van der Waals surface area (Å²) >= 11 is 0. The Morgan fingerprint density at radius 3 is 2.88 bits per heavy atom. The van der Waals surface area contributed by atoms with E-state index in [1.807, 2.05) is 25.2 Å². The third kappa shape index (κ3) is 2.78. The van der Waals surface area contributed by atoms with Gasteiger partial charge in [-0.1, -0.05) is 31.0 Å². The molecule has 2 saturated carbocycles. The van der Waals surface area contributed by atoms with Crippen molar-refractivity contribution in [1.82, 2.24) is 10.6 Å². The lowest BCUT2D eigenvalue weighted by Crippen LogP contribution is -2.69. The molecule has 1 heterocycles. The zero-order valence-electron chi connectivity index (χ0n) is 15.3. The van der Waals surface area contributed by atoms with Crippen LogP contribution in [0.3, 0.4) is 0 Å². The van der Waals surface area contributed by atoms with E-state index < -0.39 is 0 Å². The van der Waals surface area contributed by atoms with Gasteiger partial charge in [0.25, 0.3) is 0 Å². The summed E-state index contributed by atoms with van der Waals surface area (Å²) in [6.07, 6.45) is 6.88. The molecule has 3 unspecified atom stereocenters. The van der Waals surface area contributed by atoms with Crippen molar-refractivity contribution in [1.29, 1.82) is 0 Å². The number of hydrogen-bond acceptors (Lipinski definition) is 3. The Morgan fingerprint density at radius 1 is 1.32 bits per heavy atom. The molecule has 136 valence electrons. The van der Waals surface area contributed by atoms with E-state index in [1.165, 1.54) is 32.1 Å². The van der Waals surface area contributed by atoms with Crippen LogP contribution in [0.15, 0.2) is 29.3 Å². The first-order valence-electron chi connectivity index (χ1n) is 9.49. The third-order valence-corrected chi connectivity index (χ3v) is 6.44. The van der Waals surface area contributed by atoms with Gasteiger partial charge in [-0.3, -0.25) is 4.99 Å². The molecule has 5 heteroatoms. The second kappa shape index (κ2) is 6.87. The molecule has 2 N–H and O–H groups in total. The average Bonchev–Trinajstić information content (AvgIpc) is 3.31. The number of fused-ring (bicyclic) bond motifs is 2. The van der Waals surface area contributed by atoms with Gasteiger partial charge in [0, 0.05) is 43.1 Å². The van der Waals surface area contributed by atoms with Gasteiger partial charge in [0.15, 0.2) is 5.96 Å². The number of benzene rings is 1. The van der Waals surface area contributed by atoms with Gasteiger partial charge in [-0.05, 0) is 25.3 Å². The van der Waals surface area contributed by atoms with Crippen molar-refractivity contribution in [2.24, 2.45) is 16.3 Å². The lowest BCUT2D eigenvalue weighted by atomic mass is 9.54. The Kier molecular flexibility index (Phi) is 4.59. The normalized spacial score (nSPS) is 30.0. The molecule has 3 fully saturated rings.